The summed E-state index contributed by atoms with van der Waals surface area (Å²) in [5, 5.41) is 6.19. The maximum atomic E-state index is 12.9. The summed E-state index contributed by atoms with van der Waals surface area (Å²) in [6.45, 7) is 2.92. The highest BCUT2D eigenvalue weighted by molar-refractivity contribution is 5.81. The zero-order chi connectivity index (χ0) is 21.2. The van der Waals surface area contributed by atoms with E-state index in [1.165, 1.54) is 12.3 Å². The molecule has 1 aliphatic rings. The average molecular weight is 406 g/mol. The molecule has 1 amide bonds. The number of rotatable bonds is 5. The molecular weight excluding hydrogens is 381 g/mol. The standard InChI is InChI=1S/C21H25F3N4O/c1-13(14-4-7-16(8-5-14)28(2)3)27-20(29)18-12-25-11-17(18)15-6-9-19(26-10-15)21(22,23)24/h4-10,13,17-18,25H,11-12H2,1-3H3,(H,27,29)/t13-,17-,18+/m0/s1. The Morgan fingerprint density at radius 2 is 1.86 bits per heavy atom. The topological polar surface area (TPSA) is 57.3 Å². The molecule has 8 heteroatoms. The van der Waals surface area contributed by atoms with Gasteiger partial charge in [0.05, 0.1) is 12.0 Å². The van der Waals surface area contributed by atoms with E-state index < -0.39 is 11.9 Å². The molecule has 0 bridgehead atoms. The number of nitrogens with one attached hydrogen (secondary N) is 2. The fraction of sp³-hybridized carbons (Fsp3) is 0.429. The van der Waals surface area contributed by atoms with E-state index in [4.69, 9.17) is 0 Å². The fourth-order valence-corrected chi connectivity index (χ4v) is 3.56. The van der Waals surface area contributed by atoms with Gasteiger partial charge in [0.25, 0.3) is 0 Å². The number of amides is 1. The fourth-order valence-electron chi connectivity index (χ4n) is 3.56. The summed E-state index contributed by atoms with van der Waals surface area (Å²) in [5.41, 5.74) is 1.76. The third kappa shape index (κ3) is 4.87. The van der Waals surface area contributed by atoms with Gasteiger partial charge in [-0.15, -0.1) is 0 Å². The third-order valence-corrected chi connectivity index (χ3v) is 5.32. The predicted octanol–water partition coefficient (Wildman–Crippen LogP) is 3.35. The number of pyridine rings is 1. The van der Waals surface area contributed by atoms with Crippen molar-refractivity contribution in [2.45, 2.75) is 25.1 Å². The first-order chi connectivity index (χ1) is 13.7. The number of aromatic nitrogens is 1. The molecule has 2 heterocycles. The average Bonchev–Trinajstić information content (AvgIpc) is 3.17. The van der Waals surface area contributed by atoms with Crippen molar-refractivity contribution >= 4 is 11.6 Å². The van der Waals surface area contributed by atoms with Crippen LogP contribution in [0.3, 0.4) is 0 Å². The van der Waals surface area contributed by atoms with Crippen LogP contribution in [0.15, 0.2) is 42.6 Å². The number of carbonyl (C=O) groups excluding carboxylic acids is 1. The van der Waals surface area contributed by atoms with Gasteiger partial charge in [0.15, 0.2) is 0 Å². The largest absolute Gasteiger partial charge is 0.433 e. The molecule has 0 radical (unpaired) electrons. The third-order valence-electron chi connectivity index (χ3n) is 5.32. The van der Waals surface area contributed by atoms with Gasteiger partial charge in [0, 0.05) is 45.0 Å². The second kappa shape index (κ2) is 8.41. The van der Waals surface area contributed by atoms with Crippen LogP contribution >= 0.6 is 0 Å². The number of halogens is 3. The smallest absolute Gasteiger partial charge is 0.378 e. The summed E-state index contributed by atoms with van der Waals surface area (Å²) in [4.78, 5) is 18.4. The van der Waals surface area contributed by atoms with Crippen molar-refractivity contribution in [2.75, 3.05) is 32.1 Å². The molecule has 3 atom stereocenters. The molecule has 2 aromatic rings. The monoisotopic (exact) mass is 406 g/mol. The van der Waals surface area contributed by atoms with Crippen LogP contribution in [0.5, 0.6) is 0 Å². The second-order valence-corrected chi connectivity index (χ2v) is 7.56. The van der Waals surface area contributed by atoms with Crippen molar-refractivity contribution < 1.29 is 18.0 Å². The first-order valence-electron chi connectivity index (χ1n) is 9.48. The Labute approximate surface area is 168 Å². The van der Waals surface area contributed by atoms with Crippen LogP contribution in [0.2, 0.25) is 0 Å². The van der Waals surface area contributed by atoms with Gasteiger partial charge in [0.2, 0.25) is 5.91 Å². The van der Waals surface area contributed by atoms with Crippen molar-refractivity contribution in [3.05, 3.63) is 59.4 Å². The van der Waals surface area contributed by atoms with Crippen LogP contribution in [0, 0.1) is 5.92 Å². The molecule has 156 valence electrons. The van der Waals surface area contributed by atoms with Gasteiger partial charge >= 0.3 is 6.18 Å². The van der Waals surface area contributed by atoms with Gasteiger partial charge in [-0.1, -0.05) is 18.2 Å². The molecule has 3 rings (SSSR count). The summed E-state index contributed by atoms with van der Waals surface area (Å²) >= 11 is 0. The van der Waals surface area contributed by atoms with E-state index in [1.807, 2.05) is 50.2 Å². The molecule has 1 aliphatic heterocycles. The highest BCUT2D eigenvalue weighted by Gasteiger charge is 2.36. The van der Waals surface area contributed by atoms with Crippen LogP contribution in [0.4, 0.5) is 18.9 Å². The van der Waals surface area contributed by atoms with Crippen molar-refractivity contribution in [3.63, 3.8) is 0 Å². The number of carbonyl (C=O) groups is 1. The van der Waals surface area contributed by atoms with Gasteiger partial charge < -0.3 is 15.5 Å². The predicted molar refractivity (Wildman–Crippen MR) is 106 cm³/mol. The number of hydrogen-bond acceptors (Lipinski definition) is 4. The lowest BCUT2D eigenvalue weighted by Gasteiger charge is -2.22. The quantitative estimate of drug-likeness (QED) is 0.800. The summed E-state index contributed by atoms with van der Waals surface area (Å²) in [6.07, 6.45) is -3.25. The zero-order valence-electron chi connectivity index (χ0n) is 16.6. The van der Waals surface area contributed by atoms with Gasteiger partial charge in [-0.2, -0.15) is 13.2 Å². The number of hydrogen-bond donors (Lipinski definition) is 2. The van der Waals surface area contributed by atoms with E-state index in [9.17, 15) is 18.0 Å². The number of benzene rings is 1. The molecule has 1 saturated heterocycles. The molecule has 5 nitrogen and oxygen atoms in total. The first-order valence-corrected chi connectivity index (χ1v) is 9.48. The summed E-state index contributed by atoms with van der Waals surface area (Å²) in [7, 11) is 3.92. The molecule has 0 spiro atoms. The zero-order valence-corrected chi connectivity index (χ0v) is 16.6. The van der Waals surface area contributed by atoms with Crippen LogP contribution in [0.25, 0.3) is 0 Å². The SMILES string of the molecule is C[C@H](NC(=O)[C@@H]1CNC[C@H]1c1ccc(C(F)(F)F)nc1)c1ccc(N(C)C)cc1. The highest BCUT2D eigenvalue weighted by Crippen LogP contribution is 2.32. The van der Waals surface area contributed by atoms with Crippen LogP contribution in [0.1, 0.15) is 35.7 Å². The van der Waals surface area contributed by atoms with Gasteiger partial charge in [-0.3, -0.25) is 9.78 Å². The van der Waals surface area contributed by atoms with Crippen molar-refractivity contribution in [1.82, 2.24) is 15.6 Å². The Morgan fingerprint density at radius 3 is 2.41 bits per heavy atom. The molecule has 0 unspecified atom stereocenters. The lowest BCUT2D eigenvalue weighted by Crippen LogP contribution is -2.36. The molecule has 1 aromatic carbocycles. The Balaban J connectivity index is 1.68. The van der Waals surface area contributed by atoms with Gasteiger partial charge in [-0.05, 0) is 36.2 Å². The lowest BCUT2D eigenvalue weighted by atomic mass is 9.88. The normalized spacial score (nSPS) is 20.3. The van der Waals surface area contributed by atoms with Crippen molar-refractivity contribution in [2.24, 2.45) is 5.92 Å². The van der Waals surface area contributed by atoms with Crippen LogP contribution in [-0.2, 0) is 11.0 Å². The van der Waals surface area contributed by atoms with E-state index in [0.29, 0.717) is 18.7 Å². The van der Waals surface area contributed by atoms with E-state index >= 15 is 0 Å². The van der Waals surface area contributed by atoms with E-state index in [-0.39, 0.29) is 23.8 Å². The Bertz CT molecular complexity index is 834. The number of anilines is 1. The second-order valence-electron chi connectivity index (χ2n) is 7.56. The molecule has 29 heavy (non-hydrogen) atoms. The van der Waals surface area contributed by atoms with Crippen molar-refractivity contribution in [3.8, 4) is 0 Å². The van der Waals surface area contributed by atoms with Crippen LogP contribution in [-0.4, -0.2) is 38.1 Å². The molecule has 1 aromatic heterocycles. The number of alkyl halides is 3. The number of nitrogens with zero attached hydrogens (tertiary/aromatic N) is 2. The maximum absolute atomic E-state index is 12.9. The minimum absolute atomic E-state index is 0.121. The summed E-state index contributed by atoms with van der Waals surface area (Å²) in [6, 6.07) is 10.1. The van der Waals surface area contributed by atoms with E-state index in [0.717, 1.165) is 17.3 Å². The van der Waals surface area contributed by atoms with Crippen LogP contribution < -0.4 is 15.5 Å². The van der Waals surface area contributed by atoms with Crippen molar-refractivity contribution in [1.29, 1.82) is 0 Å². The molecule has 1 fully saturated rings. The summed E-state index contributed by atoms with van der Waals surface area (Å²) in [5.74, 6) is -0.700. The highest BCUT2D eigenvalue weighted by atomic mass is 19.4. The van der Waals surface area contributed by atoms with E-state index in [1.54, 1.807) is 0 Å². The lowest BCUT2D eigenvalue weighted by molar-refractivity contribution is -0.141. The molecule has 2 N–H and O–H groups in total. The Hall–Kier alpha value is -2.61. The molecule has 0 aliphatic carbocycles. The summed E-state index contributed by atoms with van der Waals surface area (Å²) < 4.78 is 38.2. The molecular formula is C21H25F3N4O. The minimum Gasteiger partial charge on any atom is -0.378 e. The van der Waals surface area contributed by atoms with Gasteiger partial charge in [0.1, 0.15) is 5.69 Å². The Kier molecular flexibility index (Phi) is 6.12. The molecule has 0 saturated carbocycles. The minimum atomic E-state index is -4.47. The first kappa shape index (κ1) is 21.1. The maximum Gasteiger partial charge on any atom is 0.433 e. The Morgan fingerprint density at radius 1 is 1.17 bits per heavy atom. The van der Waals surface area contributed by atoms with E-state index in [2.05, 4.69) is 15.6 Å². The van der Waals surface area contributed by atoms with Gasteiger partial charge in [-0.25, -0.2) is 0 Å².